The fourth-order valence-corrected chi connectivity index (χ4v) is 2.65. The van der Waals surface area contributed by atoms with Crippen LogP contribution >= 0.6 is 0 Å². The van der Waals surface area contributed by atoms with Crippen molar-refractivity contribution in [3.63, 3.8) is 0 Å². The number of likely N-dealkylation sites (tertiary alicyclic amines) is 1. The highest BCUT2D eigenvalue weighted by Crippen LogP contribution is 2.19. The number of furan rings is 1. The van der Waals surface area contributed by atoms with Gasteiger partial charge in [-0.15, -0.1) is 0 Å². The number of carboxylic acids is 1. The fourth-order valence-electron chi connectivity index (χ4n) is 2.65. The smallest absolute Gasteiger partial charge is 0.341 e. The van der Waals surface area contributed by atoms with Crippen LogP contribution in [0.4, 0.5) is 5.82 Å². The summed E-state index contributed by atoms with van der Waals surface area (Å²) in [5, 5.41) is 12.4. The molecule has 0 amide bonds. The topological polar surface area (TPSA) is 91.5 Å². The summed E-state index contributed by atoms with van der Waals surface area (Å²) in [6.07, 6.45) is 6.24. The quantitative estimate of drug-likeness (QED) is 0.870. The molecule has 2 N–H and O–H groups in total. The number of piperidine rings is 1. The second kappa shape index (κ2) is 6.57. The molecule has 3 rings (SSSR count). The van der Waals surface area contributed by atoms with E-state index in [-0.39, 0.29) is 11.6 Å². The van der Waals surface area contributed by atoms with Crippen molar-refractivity contribution < 1.29 is 14.3 Å². The predicted octanol–water partition coefficient (Wildman–Crippen LogP) is 1.84. The summed E-state index contributed by atoms with van der Waals surface area (Å²) in [6.45, 7) is 2.69. The number of aromatic nitrogens is 2. The lowest BCUT2D eigenvalue weighted by Crippen LogP contribution is -2.39. The van der Waals surface area contributed by atoms with Gasteiger partial charge in [0.15, 0.2) is 0 Å². The summed E-state index contributed by atoms with van der Waals surface area (Å²) in [7, 11) is 0. The minimum atomic E-state index is -1.02. The van der Waals surface area contributed by atoms with Crippen LogP contribution in [0.5, 0.6) is 0 Å². The van der Waals surface area contributed by atoms with Crippen LogP contribution in [0.1, 0.15) is 29.0 Å². The highest BCUT2D eigenvalue weighted by molar-refractivity contribution is 5.92. The van der Waals surface area contributed by atoms with Gasteiger partial charge in [-0.3, -0.25) is 4.90 Å². The summed E-state index contributed by atoms with van der Waals surface area (Å²) < 4.78 is 5.36. The van der Waals surface area contributed by atoms with Gasteiger partial charge in [0.05, 0.1) is 12.8 Å². The van der Waals surface area contributed by atoms with Crippen LogP contribution in [0, 0.1) is 0 Å². The zero-order valence-electron chi connectivity index (χ0n) is 12.1. The molecule has 0 atom stereocenters. The number of aromatic carboxylic acids is 1. The third-order valence-electron chi connectivity index (χ3n) is 3.83. The van der Waals surface area contributed by atoms with E-state index >= 15 is 0 Å². The van der Waals surface area contributed by atoms with Crippen molar-refractivity contribution in [2.24, 2.45) is 0 Å². The van der Waals surface area contributed by atoms with Gasteiger partial charge in [-0.2, -0.15) is 0 Å². The van der Waals surface area contributed by atoms with Gasteiger partial charge in [-0.1, -0.05) is 0 Å². The summed E-state index contributed by atoms with van der Waals surface area (Å²) in [5.74, 6) is 0.348. The second-order valence-electron chi connectivity index (χ2n) is 5.36. The van der Waals surface area contributed by atoms with Crippen LogP contribution in [0.15, 0.2) is 35.3 Å². The number of carboxylic acid groups (broad SMARTS) is 1. The molecule has 0 unspecified atom stereocenters. The zero-order chi connectivity index (χ0) is 15.4. The zero-order valence-corrected chi connectivity index (χ0v) is 12.1. The van der Waals surface area contributed by atoms with E-state index in [0.29, 0.717) is 5.82 Å². The lowest BCUT2D eigenvalue weighted by atomic mass is 10.0. The first-order valence-corrected chi connectivity index (χ1v) is 7.27. The summed E-state index contributed by atoms with van der Waals surface area (Å²) >= 11 is 0. The molecule has 7 nitrogen and oxygen atoms in total. The third kappa shape index (κ3) is 3.43. The van der Waals surface area contributed by atoms with E-state index in [1.54, 1.807) is 6.26 Å². The molecule has 116 valence electrons. The first-order valence-electron chi connectivity index (χ1n) is 7.27. The Hall–Kier alpha value is -2.41. The van der Waals surface area contributed by atoms with Gasteiger partial charge in [0, 0.05) is 25.3 Å². The molecule has 0 bridgehead atoms. The third-order valence-corrected chi connectivity index (χ3v) is 3.83. The van der Waals surface area contributed by atoms with Gasteiger partial charge in [0.2, 0.25) is 0 Å². The molecule has 2 aromatic rings. The van der Waals surface area contributed by atoms with E-state index in [4.69, 9.17) is 9.52 Å². The van der Waals surface area contributed by atoms with Crippen LogP contribution in [-0.2, 0) is 6.54 Å². The largest absolute Gasteiger partial charge is 0.477 e. The number of anilines is 1. The molecule has 3 heterocycles. The van der Waals surface area contributed by atoms with Crippen LogP contribution in [0.25, 0.3) is 0 Å². The molecule has 7 heteroatoms. The first-order chi connectivity index (χ1) is 10.7. The van der Waals surface area contributed by atoms with Crippen molar-refractivity contribution >= 4 is 11.8 Å². The molecule has 0 aliphatic carbocycles. The first kappa shape index (κ1) is 14.5. The molecular formula is C15H18N4O3. The molecule has 0 aromatic carbocycles. The molecule has 2 aromatic heterocycles. The minimum absolute atomic E-state index is 0.112. The van der Waals surface area contributed by atoms with E-state index in [0.717, 1.165) is 38.2 Å². The summed E-state index contributed by atoms with van der Waals surface area (Å²) in [4.78, 5) is 21.3. The average Bonchev–Trinajstić information content (AvgIpc) is 3.02. The fraction of sp³-hybridized carbons (Fsp3) is 0.400. The van der Waals surface area contributed by atoms with Crippen LogP contribution in [-0.4, -0.2) is 45.1 Å². The van der Waals surface area contributed by atoms with Gasteiger partial charge in [-0.05, 0) is 25.0 Å². The Labute approximate surface area is 128 Å². The highest BCUT2D eigenvalue weighted by atomic mass is 16.4. The molecule has 1 aliphatic rings. The Morgan fingerprint density at radius 3 is 2.95 bits per heavy atom. The molecule has 0 radical (unpaired) electrons. The molecule has 0 saturated carbocycles. The molecule has 1 fully saturated rings. The summed E-state index contributed by atoms with van der Waals surface area (Å²) in [6, 6.07) is 4.09. The molecule has 1 saturated heterocycles. The lowest BCUT2D eigenvalue weighted by molar-refractivity contribution is 0.0697. The number of rotatable bonds is 5. The number of nitrogens with zero attached hydrogens (tertiary/aromatic N) is 3. The molecule has 1 aliphatic heterocycles. The van der Waals surface area contributed by atoms with E-state index in [9.17, 15) is 4.79 Å². The van der Waals surface area contributed by atoms with Gasteiger partial charge in [-0.25, -0.2) is 14.8 Å². The maximum Gasteiger partial charge on any atom is 0.341 e. The summed E-state index contributed by atoms with van der Waals surface area (Å²) in [5.41, 5.74) is 0.112. The van der Waals surface area contributed by atoms with Crippen molar-refractivity contribution in [2.45, 2.75) is 25.4 Å². The van der Waals surface area contributed by atoms with E-state index < -0.39 is 5.97 Å². The number of carbonyl (C=O) groups is 1. The Morgan fingerprint density at radius 1 is 1.45 bits per heavy atom. The number of hydrogen-bond donors (Lipinski definition) is 2. The van der Waals surface area contributed by atoms with Crippen molar-refractivity contribution in [3.05, 3.63) is 42.2 Å². The van der Waals surface area contributed by atoms with Crippen molar-refractivity contribution in [1.82, 2.24) is 14.9 Å². The monoisotopic (exact) mass is 302 g/mol. The SMILES string of the molecule is O=C(O)c1cncnc1NC1CCN(Cc2ccco2)CC1. The van der Waals surface area contributed by atoms with Crippen molar-refractivity contribution in [1.29, 1.82) is 0 Å². The van der Waals surface area contributed by atoms with Gasteiger partial charge in [0.25, 0.3) is 0 Å². The van der Waals surface area contributed by atoms with Crippen molar-refractivity contribution in [2.75, 3.05) is 18.4 Å². The standard InChI is InChI=1S/C15H18N4O3/c20-15(21)13-8-16-10-17-14(13)18-11-3-5-19(6-4-11)9-12-2-1-7-22-12/h1-2,7-8,10-11H,3-6,9H2,(H,20,21)(H,16,17,18). The Bertz CT molecular complexity index is 621. The normalized spacial score (nSPS) is 16.5. The van der Waals surface area contributed by atoms with E-state index in [1.807, 2.05) is 12.1 Å². The molecule has 0 spiro atoms. The molecular weight excluding hydrogens is 284 g/mol. The minimum Gasteiger partial charge on any atom is -0.477 e. The van der Waals surface area contributed by atoms with Crippen LogP contribution in [0.2, 0.25) is 0 Å². The van der Waals surface area contributed by atoms with Gasteiger partial charge >= 0.3 is 5.97 Å². The van der Waals surface area contributed by atoms with Gasteiger partial charge in [0.1, 0.15) is 23.5 Å². The van der Waals surface area contributed by atoms with Crippen LogP contribution < -0.4 is 5.32 Å². The van der Waals surface area contributed by atoms with Crippen molar-refractivity contribution in [3.8, 4) is 0 Å². The predicted molar refractivity (Wildman–Crippen MR) is 79.6 cm³/mol. The average molecular weight is 302 g/mol. The van der Waals surface area contributed by atoms with Crippen LogP contribution in [0.3, 0.4) is 0 Å². The lowest BCUT2D eigenvalue weighted by Gasteiger charge is -2.32. The maximum absolute atomic E-state index is 11.2. The van der Waals surface area contributed by atoms with E-state index in [1.165, 1.54) is 12.5 Å². The number of nitrogens with one attached hydrogen (secondary N) is 1. The maximum atomic E-state index is 11.2. The van der Waals surface area contributed by atoms with E-state index in [2.05, 4.69) is 20.2 Å². The Morgan fingerprint density at radius 2 is 2.27 bits per heavy atom. The van der Waals surface area contributed by atoms with Gasteiger partial charge < -0.3 is 14.8 Å². The highest BCUT2D eigenvalue weighted by Gasteiger charge is 2.22. The number of hydrogen-bond acceptors (Lipinski definition) is 6. The Kier molecular flexibility index (Phi) is 4.34. The Balaban J connectivity index is 1.55. The second-order valence-corrected chi connectivity index (χ2v) is 5.36. The molecule has 22 heavy (non-hydrogen) atoms.